The maximum Gasteiger partial charge on any atom is 0.178 e. The Morgan fingerprint density at radius 3 is 2.94 bits per heavy atom. The molecular formula is C15H22N2O. The van der Waals surface area contributed by atoms with Crippen LogP contribution in [0.2, 0.25) is 0 Å². The Balaban J connectivity index is 1.64. The number of likely N-dealkylation sites (tertiary alicyclic amines) is 1. The Labute approximate surface area is 109 Å². The third-order valence-electron chi connectivity index (χ3n) is 4.63. The van der Waals surface area contributed by atoms with Gasteiger partial charge in [0.1, 0.15) is 0 Å². The van der Waals surface area contributed by atoms with Crippen LogP contribution in [-0.4, -0.2) is 34.4 Å². The van der Waals surface area contributed by atoms with Gasteiger partial charge in [0.25, 0.3) is 0 Å². The number of aromatic nitrogens is 1. The second kappa shape index (κ2) is 4.88. The second-order valence-electron chi connectivity index (χ2n) is 5.86. The molecule has 0 radical (unpaired) electrons. The Morgan fingerprint density at radius 1 is 1.33 bits per heavy atom. The first kappa shape index (κ1) is 12.0. The monoisotopic (exact) mass is 246 g/mol. The lowest BCUT2D eigenvalue weighted by Gasteiger charge is -2.31. The summed E-state index contributed by atoms with van der Waals surface area (Å²) in [7, 11) is 1.96. The Kier molecular flexibility index (Phi) is 3.25. The van der Waals surface area contributed by atoms with Gasteiger partial charge >= 0.3 is 0 Å². The summed E-state index contributed by atoms with van der Waals surface area (Å²) in [6.45, 7) is 1.74. The number of rotatable bonds is 3. The smallest absolute Gasteiger partial charge is 0.178 e. The van der Waals surface area contributed by atoms with E-state index in [1.54, 1.807) is 0 Å². The number of fused-ring (bicyclic) bond motifs is 1. The van der Waals surface area contributed by atoms with Gasteiger partial charge in [0.2, 0.25) is 0 Å². The van der Waals surface area contributed by atoms with Crippen LogP contribution in [0.3, 0.4) is 0 Å². The molecule has 1 saturated heterocycles. The third-order valence-corrected chi connectivity index (χ3v) is 4.63. The molecule has 0 N–H and O–H groups in total. The van der Waals surface area contributed by atoms with Gasteiger partial charge in [-0.1, -0.05) is 12.8 Å². The van der Waals surface area contributed by atoms with Crippen molar-refractivity contribution in [3.8, 4) is 0 Å². The average molecular weight is 246 g/mol. The summed E-state index contributed by atoms with van der Waals surface area (Å²) in [5.41, 5.74) is 0.858. The van der Waals surface area contributed by atoms with Crippen molar-refractivity contribution in [1.29, 1.82) is 0 Å². The molecular weight excluding hydrogens is 224 g/mol. The van der Waals surface area contributed by atoms with E-state index in [4.69, 9.17) is 0 Å². The highest BCUT2D eigenvalue weighted by molar-refractivity contribution is 5.97. The van der Waals surface area contributed by atoms with E-state index in [2.05, 4.69) is 4.90 Å². The topological polar surface area (TPSA) is 25.2 Å². The van der Waals surface area contributed by atoms with Crippen LogP contribution in [0.25, 0.3) is 0 Å². The van der Waals surface area contributed by atoms with Crippen molar-refractivity contribution in [3.05, 3.63) is 24.0 Å². The standard InChI is InChI=1S/C15H22N2O/c1-16-8-6-13(10-16)15(18)11-17-9-7-12-4-2-3-5-14(12)17/h6,8,10,12,14H,2-5,7,9,11H2,1H3. The van der Waals surface area contributed by atoms with Crippen LogP contribution in [0.5, 0.6) is 0 Å². The SMILES string of the molecule is Cn1ccc(C(=O)CN2CCC3CCCCC32)c1. The maximum atomic E-state index is 12.2. The van der Waals surface area contributed by atoms with Crippen LogP contribution in [-0.2, 0) is 7.05 Å². The van der Waals surface area contributed by atoms with E-state index in [0.717, 1.165) is 18.0 Å². The van der Waals surface area contributed by atoms with E-state index in [1.807, 2.05) is 30.1 Å². The average Bonchev–Trinajstić information content (AvgIpc) is 2.97. The second-order valence-corrected chi connectivity index (χ2v) is 5.86. The Hall–Kier alpha value is -1.09. The van der Waals surface area contributed by atoms with Gasteiger partial charge in [-0.05, 0) is 37.8 Å². The summed E-state index contributed by atoms with van der Waals surface area (Å²) in [5.74, 6) is 1.14. The highest BCUT2D eigenvalue weighted by Gasteiger charge is 2.36. The van der Waals surface area contributed by atoms with Gasteiger partial charge in [0, 0.05) is 31.0 Å². The van der Waals surface area contributed by atoms with Crippen molar-refractivity contribution < 1.29 is 4.79 Å². The summed E-state index contributed by atoms with van der Waals surface area (Å²) in [6, 6.07) is 2.61. The van der Waals surface area contributed by atoms with E-state index in [-0.39, 0.29) is 5.78 Å². The molecule has 2 aliphatic rings. The van der Waals surface area contributed by atoms with Gasteiger partial charge in [0.15, 0.2) is 5.78 Å². The molecule has 1 aromatic heterocycles. The van der Waals surface area contributed by atoms with Crippen LogP contribution >= 0.6 is 0 Å². The molecule has 0 bridgehead atoms. The Bertz CT molecular complexity index is 437. The minimum absolute atomic E-state index is 0.279. The van der Waals surface area contributed by atoms with Crippen molar-refractivity contribution in [3.63, 3.8) is 0 Å². The first-order valence-corrected chi connectivity index (χ1v) is 7.13. The van der Waals surface area contributed by atoms with E-state index in [9.17, 15) is 4.79 Å². The van der Waals surface area contributed by atoms with Crippen molar-refractivity contribution in [2.24, 2.45) is 13.0 Å². The lowest BCUT2D eigenvalue weighted by atomic mass is 9.85. The minimum Gasteiger partial charge on any atom is -0.357 e. The van der Waals surface area contributed by atoms with Crippen LogP contribution in [0, 0.1) is 5.92 Å². The quantitative estimate of drug-likeness (QED) is 0.766. The fraction of sp³-hybridized carbons (Fsp3) is 0.667. The van der Waals surface area contributed by atoms with Crippen LogP contribution in [0.15, 0.2) is 18.5 Å². The predicted molar refractivity (Wildman–Crippen MR) is 71.7 cm³/mol. The van der Waals surface area contributed by atoms with Gasteiger partial charge in [-0.25, -0.2) is 0 Å². The van der Waals surface area contributed by atoms with Crippen molar-refractivity contribution in [2.75, 3.05) is 13.1 Å². The van der Waals surface area contributed by atoms with Gasteiger partial charge in [-0.3, -0.25) is 9.69 Å². The molecule has 1 aromatic rings. The molecule has 2 atom stereocenters. The molecule has 3 heteroatoms. The summed E-state index contributed by atoms with van der Waals surface area (Å²) in [5, 5.41) is 0. The summed E-state index contributed by atoms with van der Waals surface area (Å²) >= 11 is 0. The molecule has 2 fully saturated rings. The van der Waals surface area contributed by atoms with E-state index in [0.29, 0.717) is 12.6 Å². The molecule has 98 valence electrons. The molecule has 1 aliphatic carbocycles. The number of carbonyl (C=O) groups excluding carboxylic acids is 1. The van der Waals surface area contributed by atoms with Gasteiger partial charge in [0.05, 0.1) is 6.54 Å². The summed E-state index contributed by atoms with van der Waals surface area (Å²) in [4.78, 5) is 14.7. The lowest BCUT2D eigenvalue weighted by molar-refractivity contribution is 0.0896. The molecule has 2 heterocycles. The highest BCUT2D eigenvalue weighted by Crippen LogP contribution is 2.35. The number of hydrogen-bond acceptors (Lipinski definition) is 2. The van der Waals surface area contributed by atoms with Crippen LogP contribution in [0.1, 0.15) is 42.5 Å². The number of carbonyl (C=O) groups is 1. The Morgan fingerprint density at radius 2 is 2.17 bits per heavy atom. The van der Waals surface area contributed by atoms with Crippen molar-refractivity contribution in [1.82, 2.24) is 9.47 Å². The zero-order valence-corrected chi connectivity index (χ0v) is 11.1. The highest BCUT2D eigenvalue weighted by atomic mass is 16.1. The summed E-state index contributed by atoms with van der Waals surface area (Å²) in [6.07, 6.45) is 10.6. The first-order chi connectivity index (χ1) is 8.74. The minimum atomic E-state index is 0.279. The number of ketones is 1. The summed E-state index contributed by atoms with van der Waals surface area (Å²) < 4.78 is 1.95. The molecule has 18 heavy (non-hydrogen) atoms. The van der Waals surface area contributed by atoms with Crippen LogP contribution in [0.4, 0.5) is 0 Å². The molecule has 3 nitrogen and oxygen atoms in total. The largest absolute Gasteiger partial charge is 0.357 e. The molecule has 3 rings (SSSR count). The zero-order chi connectivity index (χ0) is 12.5. The van der Waals surface area contributed by atoms with Crippen molar-refractivity contribution in [2.45, 2.75) is 38.1 Å². The first-order valence-electron chi connectivity index (χ1n) is 7.13. The number of Topliss-reactive ketones (excluding diaryl/α,β-unsaturated/α-hetero) is 1. The molecule has 1 saturated carbocycles. The molecule has 1 aliphatic heterocycles. The van der Waals surface area contributed by atoms with E-state index in [1.165, 1.54) is 32.1 Å². The lowest BCUT2D eigenvalue weighted by Crippen LogP contribution is -2.38. The van der Waals surface area contributed by atoms with Crippen molar-refractivity contribution >= 4 is 5.78 Å². The zero-order valence-electron chi connectivity index (χ0n) is 11.1. The fourth-order valence-corrected chi connectivity index (χ4v) is 3.64. The third kappa shape index (κ3) is 2.24. The predicted octanol–water partition coefficient (Wildman–Crippen LogP) is 2.47. The van der Waals surface area contributed by atoms with Crippen LogP contribution < -0.4 is 0 Å². The van der Waals surface area contributed by atoms with E-state index >= 15 is 0 Å². The van der Waals surface area contributed by atoms with Gasteiger partial charge in [-0.2, -0.15) is 0 Å². The number of nitrogens with zero attached hydrogens (tertiary/aromatic N) is 2. The maximum absolute atomic E-state index is 12.2. The van der Waals surface area contributed by atoms with Gasteiger partial charge in [-0.15, -0.1) is 0 Å². The fourth-order valence-electron chi connectivity index (χ4n) is 3.64. The van der Waals surface area contributed by atoms with E-state index < -0.39 is 0 Å². The molecule has 0 spiro atoms. The molecule has 2 unspecified atom stereocenters. The molecule has 0 amide bonds. The number of hydrogen-bond donors (Lipinski definition) is 0. The van der Waals surface area contributed by atoms with Gasteiger partial charge < -0.3 is 4.57 Å². The molecule has 0 aromatic carbocycles. The number of aryl methyl sites for hydroxylation is 1. The normalized spacial score (nSPS) is 28.3.